The van der Waals surface area contributed by atoms with Crippen LogP contribution in [-0.2, 0) is 17.6 Å². The second-order valence-corrected chi connectivity index (χ2v) is 5.41. The number of furan rings is 1. The number of carbonyl (C=O) groups is 1. The van der Waals surface area contributed by atoms with Crippen molar-refractivity contribution in [1.29, 1.82) is 0 Å². The maximum Gasteiger partial charge on any atom is 0.231 e. The molecular weight excluding hydrogens is 274 g/mol. The predicted molar refractivity (Wildman–Crippen MR) is 89.1 cm³/mol. The largest absolute Gasteiger partial charge is 0.464 e. The smallest absolute Gasteiger partial charge is 0.231 e. The first-order valence-corrected chi connectivity index (χ1v) is 7.49. The molecule has 0 radical (unpaired) electrons. The molecule has 0 saturated carbocycles. The van der Waals surface area contributed by atoms with Crippen molar-refractivity contribution < 1.29 is 9.21 Å². The average Bonchev–Trinajstić information content (AvgIpc) is 2.97. The zero-order valence-corrected chi connectivity index (χ0v) is 12.9. The Balaban J connectivity index is 1.85. The number of para-hydroxylation sites is 1. The highest BCUT2D eigenvalue weighted by molar-refractivity contribution is 5.96. The predicted octanol–water partition coefficient (Wildman–Crippen LogP) is 4.20. The Labute approximate surface area is 130 Å². The standard InChI is InChI=1S/C19H19NO2/c1-3-14-9-10-18-17(11-14)15(13-22-18)12-19(21)20(2)16-7-5-4-6-8-16/h4-11,13H,3,12H2,1-2H3. The monoisotopic (exact) mass is 293 g/mol. The van der Waals surface area contributed by atoms with Crippen LogP contribution < -0.4 is 4.90 Å². The van der Waals surface area contributed by atoms with E-state index in [0.717, 1.165) is 28.6 Å². The molecule has 3 nitrogen and oxygen atoms in total. The molecule has 0 aliphatic rings. The van der Waals surface area contributed by atoms with Crippen LogP contribution in [0.4, 0.5) is 5.69 Å². The summed E-state index contributed by atoms with van der Waals surface area (Å²) in [5.74, 6) is 0.0517. The summed E-state index contributed by atoms with van der Waals surface area (Å²) in [5.41, 5.74) is 3.93. The van der Waals surface area contributed by atoms with E-state index in [4.69, 9.17) is 4.42 Å². The maximum atomic E-state index is 12.5. The lowest BCUT2D eigenvalue weighted by atomic mass is 10.1. The lowest BCUT2D eigenvalue weighted by Gasteiger charge is -2.16. The van der Waals surface area contributed by atoms with Gasteiger partial charge in [-0.15, -0.1) is 0 Å². The van der Waals surface area contributed by atoms with Crippen LogP contribution in [0.2, 0.25) is 0 Å². The number of aryl methyl sites for hydroxylation is 1. The van der Waals surface area contributed by atoms with E-state index in [2.05, 4.69) is 19.1 Å². The van der Waals surface area contributed by atoms with Crippen LogP contribution in [0.15, 0.2) is 59.2 Å². The van der Waals surface area contributed by atoms with Gasteiger partial charge >= 0.3 is 0 Å². The minimum atomic E-state index is 0.0517. The first-order chi connectivity index (χ1) is 10.7. The molecular formula is C19H19NO2. The van der Waals surface area contributed by atoms with Crippen LogP contribution >= 0.6 is 0 Å². The number of nitrogens with zero attached hydrogens (tertiary/aromatic N) is 1. The van der Waals surface area contributed by atoms with E-state index in [9.17, 15) is 4.79 Å². The Kier molecular flexibility index (Phi) is 3.96. The van der Waals surface area contributed by atoms with Crippen molar-refractivity contribution in [3.05, 3.63) is 65.9 Å². The molecule has 0 bridgehead atoms. The zero-order valence-electron chi connectivity index (χ0n) is 12.9. The van der Waals surface area contributed by atoms with Crippen molar-refractivity contribution in [2.75, 3.05) is 11.9 Å². The fourth-order valence-electron chi connectivity index (χ4n) is 2.56. The van der Waals surface area contributed by atoms with Gasteiger partial charge in [-0.1, -0.05) is 31.2 Å². The summed E-state index contributed by atoms with van der Waals surface area (Å²) in [7, 11) is 1.80. The summed E-state index contributed by atoms with van der Waals surface area (Å²) >= 11 is 0. The zero-order chi connectivity index (χ0) is 15.5. The third kappa shape index (κ3) is 2.75. The van der Waals surface area contributed by atoms with Crippen LogP contribution in [0, 0.1) is 0 Å². The lowest BCUT2D eigenvalue weighted by Crippen LogP contribution is -2.27. The van der Waals surface area contributed by atoms with Crippen molar-refractivity contribution in [3.8, 4) is 0 Å². The molecule has 0 aliphatic carbocycles. The van der Waals surface area contributed by atoms with Crippen LogP contribution in [0.25, 0.3) is 11.0 Å². The van der Waals surface area contributed by atoms with E-state index in [-0.39, 0.29) is 5.91 Å². The number of fused-ring (bicyclic) bond motifs is 1. The SMILES string of the molecule is CCc1ccc2occ(CC(=O)N(C)c3ccccc3)c2c1. The number of amides is 1. The van der Waals surface area contributed by atoms with E-state index in [1.54, 1.807) is 18.2 Å². The number of likely N-dealkylation sites (N-methyl/N-ethyl adjacent to an activating group) is 1. The van der Waals surface area contributed by atoms with E-state index in [1.165, 1.54) is 5.56 Å². The molecule has 1 aromatic heterocycles. The lowest BCUT2D eigenvalue weighted by molar-refractivity contribution is -0.117. The molecule has 3 heteroatoms. The Morgan fingerprint density at radius 2 is 1.91 bits per heavy atom. The molecule has 0 atom stereocenters. The van der Waals surface area contributed by atoms with Gasteiger partial charge in [-0.25, -0.2) is 0 Å². The van der Waals surface area contributed by atoms with Gasteiger partial charge in [0, 0.05) is 23.7 Å². The van der Waals surface area contributed by atoms with Crippen LogP contribution in [0.3, 0.4) is 0 Å². The Morgan fingerprint density at radius 3 is 2.64 bits per heavy atom. The molecule has 1 heterocycles. The van der Waals surface area contributed by atoms with Gasteiger partial charge in [0.05, 0.1) is 12.7 Å². The van der Waals surface area contributed by atoms with Gasteiger partial charge in [-0.05, 0) is 36.2 Å². The average molecular weight is 293 g/mol. The number of benzene rings is 2. The molecule has 0 aliphatic heterocycles. The normalized spacial score (nSPS) is 10.8. The molecule has 0 fully saturated rings. The second-order valence-electron chi connectivity index (χ2n) is 5.41. The molecule has 22 heavy (non-hydrogen) atoms. The Morgan fingerprint density at radius 1 is 1.14 bits per heavy atom. The topological polar surface area (TPSA) is 33.5 Å². The fraction of sp³-hybridized carbons (Fsp3) is 0.211. The first-order valence-electron chi connectivity index (χ1n) is 7.49. The van der Waals surface area contributed by atoms with Crippen molar-refractivity contribution in [2.24, 2.45) is 0 Å². The van der Waals surface area contributed by atoms with Gasteiger partial charge in [0.25, 0.3) is 0 Å². The van der Waals surface area contributed by atoms with Gasteiger partial charge < -0.3 is 9.32 Å². The molecule has 3 rings (SSSR count). The van der Waals surface area contributed by atoms with Crippen molar-refractivity contribution >= 4 is 22.6 Å². The van der Waals surface area contributed by atoms with Gasteiger partial charge in [0.1, 0.15) is 5.58 Å². The van der Waals surface area contributed by atoms with Crippen LogP contribution in [0.1, 0.15) is 18.1 Å². The van der Waals surface area contributed by atoms with Gasteiger partial charge in [-0.2, -0.15) is 0 Å². The third-order valence-corrected chi connectivity index (χ3v) is 3.99. The number of carbonyl (C=O) groups excluding carboxylic acids is 1. The molecule has 3 aromatic rings. The fourth-order valence-corrected chi connectivity index (χ4v) is 2.56. The number of hydrogen-bond acceptors (Lipinski definition) is 2. The van der Waals surface area contributed by atoms with Gasteiger partial charge in [0.2, 0.25) is 5.91 Å². The summed E-state index contributed by atoms with van der Waals surface area (Å²) in [6.45, 7) is 2.12. The highest BCUT2D eigenvalue weighted by Gasteiger charge is 2.15. The number of hydrogen-bond donors (Lipinski definition) is 0. The Bertz CT molecular complexity index is 790. The van der Waals surface area contributed by atoms with Crippen LogP contribution in [0.5, 0.6) is 0 Å². The Hall–Kier alpha value is -2.55. The highest BCUT2D eigenvalue weighted by atomic mass is 16.3. The van der Waals surface area contributed by atoms with Gasteiger partial charge in [0.15, 0.2) is 0 Å². The quantitative estimate of drug-likeness (QED) is 0.722. The molecule has 0 saturated heterocycles. The van der Waals surface area contributed by atoms with E-state index in [1.807, 2.05) is 36.4 Å². The minimum absolute atomic E-state index is 0.0517. The van der Waals surface area contributed by atoms with Crippen molar-refractivity contribution in [1.82, 2.24) is 0 Å². The molecule has 112 valence electrons. The summed E-state index contributed by atoms with van der Waals surface area (Å²) < 4.78 is 5.56. The maximum absolute atomic E-state index is 12.5. The summed E-state index contributed by atoms with van der Waals surface area (Å²) in [5, 5.41) is 1.04. The van der Waals surface area contributed by atoms with Crippen molar-refractivity contribution in [3.63, 3.8) is 0 Å². The summed E-state index contributed by atoms with van der Waals surface area (Å²) in [4.78, 5) is 14.2. The third-order valence-electron chi connectivity index (χ3n) is 3.99. The highest BCUT2D eigenvalue weighted by Crippen LogP contribution is 2.24. The number of anilines is 1. The molecule has 0 spiro atoms. The van der Waals surface area contributed by atoms with Gasteiger partial charge in [-0.3, -0.25) is 4.79 Å². The first kappa shape index (κ1) is 14.4. The molecule has 1 amide bonds. The second kappa shape index (κ2) is 6.06. The molecule has 0 N–H and O–H groups in total. The van der Waals surface area contributed by atoms with Crippen LogP contribution in [-0.4, -0.2) is 13.0 Å². The number of rotatable bonds is 4. The molecule has 2 aromatic carbocycles. The van der Waals surface area contributed by atoms with E-state index < -0.39 is 0 Å². The molecule has 0 unspecified atom stereocenters. The summed E-state index contributed by atoms with van der Waals surface area (Å²) in [6.07, 6.45) is 3.00. The van der Waals surface area contributed by atoms with Crippen molar-refractivity contribution in [2.45, 2.75) is 19.8 Å². The van der Waals surface area contributed by atoms with E-state index in [0.29, 0.717) is 6.42 Å². The summed E-state index contributed by atoms with van der Waals surface area (Å²) in [6, 6.07) is 15.8. The van der Waals surface area contributed by atoms with E-state index >= 15 is 0 Å². The minimum Gasteiger partial charge on any atom is -0.464 e.